The summed E-state index contributed by atoms with van der Waals surface area (Å²) in [5.41, 5.74) is 0.0733. The summed E-state index contributed by atoms with van der Waals surface area (Å²) in [7, 11) is 1.74. The topological polar surface area (TPSA) is 81.0 Å². The van der Waals surface area contributed by atoms with E-state index in [4.69, 9.17) is 0 Å². The fourth-order valence-electron chi connectivity index (χ4n) is 1.32. The van der Waals surface area contributed by atoms with Gasteiger partial charge in [-0.15, -0.1) is 0 Å². The van der Waals surface area contributed by atoms with Gasteiger partial charge >= 0.3 is 0 Å². The van der Waals surface area contributed by atoms with Crippen molar-refractivity contribution in [2.75, 3.05) is 12.4 Å². The van der Waals surface area contributed by atoms with E-state index in [1.54, 1.807) is 25.2 Å². The lowest BCUT2D eigenvalue weighted by atomic mass is 10.3. The summed E-state index contributed by atoms with van der Waals surface area (Å²) in [6.45, 7) is 0. The van der Waals surface area contributed by atoms with E-state index >= 15 is 0 Å². The first kappa shape index (κ1) is 13.8. The van der Waals surface area contributed by atoms with Crippen LogP contribution in [-0.4, -0.2) is 21.9 Å². The van der Waals surface area contributed by atoms with Crippen molar-refractivity contribution in [3.63, 3.8) is 0 Å². The first-order valence-corrected chi connectivity index (χ1v) is 6.84. The third kappa shape index (κ3) is 3.65. The smallest absolute Gasteiger partial charge is 0.269 e. The minimum Gasteiger partial charge on any atom is -0.357 e. The molecule has 2 aromatic rings. The lowest BCUT2D eigenvalue weighted by Gasteiger charge is -2.04. The van der Waals surface area contributed by atoms with Gasteiger partial charge in [-0.2, -0.15) is 0 Å². The zero-order valence-electron chi connectivity index (χ0n) is 9.83. The second kappa shape index (κ2) is 5.98. The molecule has 0 saturated carbocycles. The van der Waals surface area contributed by atoms with Gasteiger partial charge in [-0.25, -0.2) is 9.97 Å². The maximum Gasteiger partial charge on any atom is 0.269 e. The predicted octanol–water partition coefficient (Wildman–Crippen LogP) is 3.34. The van der Waals surface area contributed by atoms with Crippen LogP contribution >= 0.6 is 27.7 Å². The van der Waals surface area contributed by atoms with Crippen LogP contribution in [0.15, 0.2) is 44.9 Å². The lowest BCUT2D eigenvalue weighted by Crippen LogP contribution is -1.97. The third-order valence-electron chi connectivity index (χ3n) is 2.16. The Morgan fingerprint density at radius 3 is 2.58 bits per heavy atom. The molecule has 1 heterocycles. The monoisotopic (exact) mass is 340 g/mol. The van der Waals surface area contributed by atoms with Crippen molar-refractivity contribution in [3.8, 4) is 0 Å². The number of anilines is 1. The Morgan fingerprint density at radius 1 is 1.32 bits per heavy atom. The molecule has 0 aliphatic rings. The highest BCUT2D eigenvalue weighted by Crippen LogP contribution is 2.29. The summed E-state index contributed by atoms with van der Waals surface area (Å²) in [6, 6.07) is 8.11. The number of non-ortho nitro benzene ring substituents is 1. The quantitative estimate of drug-likeness (QED) is 0.522. The molecule has 0 fully saturated rings. The summed E-state index contributed by atoms with van der Waals surface area (Å²) in [6.07, 6.45) is 0. The molecular weight excluding hydrogens is 332 g/mol. The van der Waals surface area contributed by atoms with Gasteiger partial charge in [-0.3, -0.25) is 10.1 Å². The van der Waals surface area contributed by atoms with Gasteiger partial charge < -0.3 is 5.32 Å². The Bertz CT molecular complexity index is 606. The first-order chi connectivity index (χ1) is 9.08. The van der Waals surface area contributed by atoms with Crippen molar-refractivity contribution >= 4 is 39.3 Å². The molecule has 1 aromatic carbocycles. The second-order valence-electron chi connectivity index (χ2n) is 3.46. The molecule has 0 saturated heterocycles. The summed E-state index contributed by atoms with van der Waals surface area (Å²) >= 11 is 4.71. The van der Waals surface area contributed by atoms with Crippen LogP contribution < -0.4 is 5.32 Å². The molecular formula is C11H9BrN4O2S. The van der Waals surface area contributed by atoms with Gasteiger partial charge in [0, 0.05) is 30.1 Å². The highest BCUT2D eigenvalue weighted by Gasteiger charge is 2.07. The molecule has 1 N–H and O–H groups in total. The van der Waals surface area contributed by atoms with Crippen molar-refractivity contribution in [3.05, 3.63) is 45.0 Å². The molecule has 19 heavy (non-hydrogen) atoms. The van der Waals surface area contributed by atoms with Crippen LogP contribution in [0.25, 0.3) is 0 Å². The molecule has 0 radical (unpaired) electrons. The SMILES string of the molecule is CNc1nc(Br)cc(Sc2ccc([N+](=O)[O-])cc2)n1. The van der Waals surface area contributed by atoms with Crippen LogP contribution in [0.2, 0.25) is 0 Å². The van der Waals surface area contributed by atoms with Gasteiger partial charge in [0.25, 0.3) is 5.69 Å². The van der Waals surface area contributed by atoms with Crippen LogP contribution in [0.4, 0.5) is 11.6 Å². The molecule has 0 spiro atoms. The lowest BCUT2D eigenvalue weighted by molar-refractivity contribution is -0.384. The van der Waals surface area contributed by atoms with Crippen molar-refractivity contribution < 1.29 is 4.92 Å². The maximum atomic E-state index is 10.6. The number of aromatic nitrogens is 2. The summed E-state index contributed by atoms with van der Waals surface area (Å²) < 4.78 is 0.677. The Kier molecular flexibility index (Phi) is 4.33. The number of hydrogen-bond donors (Lipinski definition) is 1. The molecule has 0 amide bonds. The summed E-state index contributed by atoms with van der Waals surface area (Å²) in [5, 5.41) is 14.2. The highest BCUT2D eigenvalue weighted by atomic mass is 79.9. The number of nitro benzene ring substituents is 1. The largest absolute Gasteiger partial charge is 0.357 e. The first-order valence-electron chi connectivity index (χ1n) is 5.23. The molecule has 0 bridgehead atoms. The minimum atomic E-state index is -0.422. The molecule has 8 heteroatoms. The van der Waals surface area contributed by atoms with Gasteiger partial charge in [0.2, 0.25) is 5.95 Å². The number of nitrogens with zero attached hydrogens (tertiary/aromatic N) is 3. The van der Waals surface area contributed by atoms with E-state index in [1.165, 1.54) is 23.9 Å². The Morgan fingerprint density at radius 2 is 2.00 bits per heavy atom. The van der Waals surface area contributed by atoms with Crippen molar-refractivity contribution in [2.24, 2.45) is 0 Å². The van der Waals surface area contributed by atoms with E-state index in [0.717, 1.165) is 9.92 Å². The van der Waals surface area contributed by atoms with E-state index in [2.05, 4.69) is 31.2 Å². The van der Waals surface area contributed by atoms with E-state index < -0.39 is 4.92 Å². The minimum absolute atomic E-state index is 0.0733. The van der Waals surface area contributed by atoms with Gasteiger partial charge in [0.15, 0.2) is 0 Å². The van der Waals surface area contributed by atoms with Gasteiger partial charge in [0.05, 0.1) is 4.92 Å². The van der Waals surface area contributed by atoms with Crippen LogP contribution in [0.5, 0.6) is 0 Å². The van der Waals surface area contributed by atoms with Crippen molar-refractivity contribution in [1.82, 2.24) is 9.97 Å². The average Bonchev–Trinajstić information content (AvgIpc) is 2.38. The predicted molar refractivity (Wildman–Crippen MR) is 76.5 cm³/mol. The van der Waals surface area contributed by atoms with Gasteiger partial charge in [-0.1, -0.05) is 11.8 Å². The molecule has 0 aliphatic carbocycles. The van der Waals surface area contributed by atoms with Crippen LogP contribution in [0.3, 0.4) is 0 Å². The standard InChI is InChI=1S/C11H9BrN4O2S/c1-13-11-14-9(12)6-10(15-11)19-8-4-2-7(3-5-8)16(17)18/h2-6H,1H3,(H,13,14,15). The van der Waals surface area contributed by atoms with Gasteiger partial charge in [-0.05, 0) is 28.1 Å². The highest BCUT2D eigenvalue weighted by molar-refractivity contribution is 9.10. The number of benzene rings is 1. The normalized spacial score (nSPS) is 10.2. The molecule has 2 rings (SSSR count). The molecule has 0 unspecified atom stereocenters. The zero-order valence-corrected chi connectivity index (χ0v) is 12.2. The average molecular weight is 341 g/mol. The van der Waals surface area contributed by atoms with Crippen LogP contribution in [0.1, 0.15) is 0 Å². The van der Waals surface area contributed by atoms with E-state index in [-0.39, 0.29) is 5.69 Å². The molecule has 1 aromatic heterocycles. The summed E-state index contributed by atoms with van der Waals surface area (Å²) in [5.74, 6) is 0.513. The molecule has 6 nitrogen and oxygen atoms in total. The third-order valence-corrected chi connectivity index (χ3v) is 3.50. The number of hydrogen-bond acceptors (Lipinski definition) is 6. The number of rotatable bonds is 4. The Labute approximate surface area is 121 Å². The van der Waals surface area contributed by atoms with Crippen molar-refractivity contribution in [2.45, 2.75) is 9.92 Å². The van der Waals surface area contributed by atoms with E-state index in [0.29, 0.717) is 10.6 Å². The number of nitro groups is 1. The zero-order chi connectivity index (χ0) is 13.8. The Balaban J connectivity index is 2.21. The Hall–Kier alpha value is -1.67. The second-order valence-corrected chi connectivity index (χ2v) is 5.36. The van der Waals surface area contributed by atoms with Gasteiger partial charge in [0.1, 0.15) is 9.63 Å². The van der Waals surface area contributed by atoms with Crippen LogP contribution in [-0.2, 0) is 0 Å². The fourth-order valence-corrected chi connectivity index (χ4v) is 2.67. The summed E-state index contributed by atoms with van der Waals surface area (Å²) in [4.78, 5) is 19.4. The van der Waals surface area contributed by atoms with Crippen molar-refractivity contribution in [1.29, 1.82) is 0 Å². The fraction of sp³-hybridized carbons (Fsp3) is 0.0909. The maximum absolute atomic E-state index is 10.6. The molecule has 98 valence electrons. The number of nitrogens with one attached hydrogen (secondary N) is 1. The number of halogens is 1. The molecule has 0 aliphatic heterocycles. The van der Waals surface area contributed by atoms with E-state index in [1.807, 2.05) is 0 Å². The van der Waals surface area contributed by atoms with Crippen LogP contribution in [0, 0.1) is 10.1 Å². The van der Waals surface area contributed by atoms with E-state index in [9.17, 15) is 10.1 Å². The molecule has 0 atom stereocenters.